The van der Waals surface area contributed by atoms with Crippen molar-refractivity contribution in [3.05, 3.63) is 12.1 Å². The molecule has 1 aromatic rings. The molecular formula is C14H23N3O2. The van der Waals surface area contributed by atoms with Gasteiger partial charge < -0.3 is 20.5 Å². The summed E-state index contributed by atoms with van der Waals surface area (Å²) in [6.45, 7) is 6.80. The molecule has 0 bridgehead atoms. The van der Waals surface area contributed by atoms with E-state index >= 15 is 0 Å². The maximum Gasteiger partial charge on any atom is 0.239 e. The number of ether oxygens (including phenoxy) is 1. The van der Waals surface area contributed by atoms with Crippen LogP contribution < -0.4 is 15.4 Å². The zero-order chi connectivity index (χ0) is 13.8. The van der Waals surface area contributed by atoms with E-state index in [0.29, 0.717) is 30.0 Å². The van der Waals surface area contributed by atoms with Crippen molar-refractivity contribution in [3.8, 4) is 5.88 Å². The molecule has 2 heterocycles. The van der Waals surface area contributed by atoms with Crippen LogP contribution in [0.1, 0.15) is 20.3 Å². The molecule has 1 fully saturated rings. The van der Waals surface area contributed by atoms with Gasteiger partial charge in [-0.1, -0.05) is 13.8 Å². The van der Waals surface area contributed by atoms with Gasteiger partial charge in [-0.05, 0) is 24.5 Å². The number of anilines is 2. The number of rotatable bonds is 5. The summed E-state index contributed by atoms with van der Waals surface area (Å²) in [7, 11) is 0. The van der Waals surface area contributed by atoms with Crippen LogP contribution in [0.15, 0.2) is 12.1 Å². The quantitative estimate of drug-likeness (QED) is 0.844. The predicted octanol–water partition coefficient (Wildman–Crippen LogP) is 1.52. The number of aliphatic hydroxyl groups excluding tert-OH is 1. The monoisotopic (exact) mass is 265 g/mol. The highest BCUT2D eigenvalue weighted by Gasteiger charge is 2.23. The molecule has 0 amide bonds. The lowest BCUT2D eigenvalue weighted by Gasteiger charge is -2.19. The SMILES string of the molecule is CC(C)COc1nc(N2CCC(CO)C2)ccc1N. The fourth-order valence-electron chi connectivity index (χ4n) is 2.17. The van der Waals surface area contributed by atoms with Crippen molar-refractivity contribution in [1.29, 1.82) is 0 Å². The highest BCUT2D eigenvalue weighted by Crippen LogP contribution is 2.27. The fraction of sp³-hybridized carbons (Fsp3) is 0.643. The molecule has 0 aromatic carbocycles. The van der Waals surface area contributed by atoms with Gasteiger partial charge >= 0.3 is 0 Å². The standard InChI is InChI=1S/C14H23N3O2/c1-10(2)9-19-14-12(15)3-4-13(16-14)17-6-5-11(7-17)8-18/h3-4,10-11,18H,5-9,15H2,1-2H3. The first kappa shape index (κ1) is 13.9. The van der Waals surface area contributed by atoms with Crippen molar-refractivity contribution in [1.82, 2.24) is 4.98 Å². The molecule has 0 saturated carbocycles. The van der Waals surface area contributed by atoms with Crippen molar-refractivity contribution in [2.24, 2.45) is 11.8 Å². The average molecular weight is 265 g/mol. The lowest BCUT2D eigenvalue weighted by molar-refractivity contribution is 0.238. The van der Waals surface area contributed by atoms with Crippen molar-refractivity contribution in [3.63, 3.8) is 0 Å². The minimum Gasteiger partial charge on any atom is -0.476 e. The van der Waals surface area contributed by atoms with E-state index in [4.69, 9.17) is 10.5 Å². The number of hydrogen-bond acceptors (Lipinski definition) is 5. The summed E-state index contributed by atoms with van der Waals surface area (Å²) in [6, 6.07) is 3.75. The van der Waals surface area contributed by atoms with E-state index in [1.807, 2.05) is 12.1 Å². The second-order valence-corrected chi connectivity index (χ2v) is 5.55. The molecule has 1 atom stereocenters. The van der Waals surface area contributed by atoms with Gasteiger partial charge in [-0.2, -0.15) is 4.98 Å². The van der Waals surface area contributed by atoms with Gasteiger partial charge in [0, 0.05) is 25.6 Å². The van der Waals surface area contributed by atoms with E-state index in [1.165, 1.54) is 0 Å². The van der Waals surface area contributed by atoms with Crippen LogP contribution >= 0.6 is 0 Å². The maximum absolute atomic E-state index is 9.18. The highest BCUT2D eigenvalue weighted by molar-refractivity contribution is 5.54. The molecular weight excluding hydrogens is 242 g/mol. The van der Waals surface area contributed by atoms with Crippen LogP contribution in [0.25, 0.3) is 0 Å². The fourth-order valence-corrected chi connectivity index (χ4v) is 2.17. The third kappa shape index (κ3) is 3.50. The summed E-state index contributed by atoms with van der Waals surface area (Å²) < 4.78 is 5.64. The zero-order valence-electron chi connectivity index (χ0n) is 11.7. The maximum atomic E-state index is 9.18. The summed E-state index contributed by atoms with van der Waals surface area (Å²) in [4.78, 5) is 6.66. The minimum atomic E-state index is 0.238. The van der Waals surface area contributed by atoms with Gasteiger partial charge in [0.25, 0.3) is 0 Å². The Morgan fingerprint density at radius 1 is 1.53 bits per heavy atom. The molecule has 0 aliphatic carbocycles. The molecule has 0 spiro atoms. The molecule has 0 radical (unpaired) electrons. The molecule has 1 aliphatic rings. The van der Waals surface area contributed by atoms with Crippen LogP contribution in [0.2, 0.25) is 0 Å². The van der Waals surface area contributed by atoms with Gasteiger partial charge in [-0.3, -0.25) is 0 Å². The molecule has 1 aliphatic heterocycles. The molecule has 106 valence electrons. The Balaban J connectivity index is 2.08. The summed E-state index contributed by atoms with van der Waals surface area (Å²) in [6.07, 6.45) is 1.00. The minimum absolute atomic E-state index is 0.238. The molecule has 3 N–H and O–H groups in total. The van der Waals surface area contributed by atoms with Gasteiger partial charge in [-0.25, -0.2) is 0 Å². The Kier molecular flexibility index (Phi) is 4.47. The number of nitrogens with two attached hydrogens (primary N) is 1. The number of aromatic nitrogens is 1. The Morgan fingerprint density at radius 2 is 2.32 bits per heavy atom. The zero-order valence-corrected chi connectivity index (χ0v) is 11.7. The molecule has 5 heteroatoms. The summed E-state index contributed by atoms with van der Waals surface area (Å²) in [5, 5.41) is 9.18. The second-order valence-electron chi connectivity index (χ2n) is 5.55. The van der Waals surface area contributed by atoms with E-state index in [-0.39, 0.29) is 6.61 Å². The predicted molar refractivity (Wildman–Crippen MR) is 76.4 cm³/mol. The molecule has 1 unspecified atom stereocenters. The second kappa shape index (κ2) is 6.10. The van der Waals surface area contributed by atoms with Crippen molar-refractivity contribution < 1.29 is 9.84 Å². The number of hydrogen-bond donors (Lipinski definition) is 2. The Bertz CT molecular complexity index is 423. The largest absolute Gasteiger partial charge is 0.476 e. The van der Waals surface area contributed by atoms with E-state index in [9.17, 15) is 5.11 Å². The molecule has 19 heavy (non-hydrogen) atoms. The van der Waals surface area contributed by atoms with E-state index in [1.54, 1.807) is 0 Å². The van der Waals surface area contributed by atoms with Gasteiger partial charge in [0.2, 0.25) is 5.88 Å². The van der Waals surface area contributed by atoms with Crippen LogP contribution in [0.5, 0.6) is 5.88 Å². The summed E-state index contributed by atoms with van der Waals surface area (Å²) in [5.41, 5.74) is 6.45. The van der Waals surface area contributed by atoms with E-state index in [2.05, 4.69) is 23.7 Å². The van der Waals surface area contributed by atoms with Crippen LogP contribution in [-0.4, -0.2) is 36.4 Å². The summed E-state index contributed by atoms with van der Waals surface area (Å²) in [5.74, 6) is 2.18. The average Bonchev–Trinajstić information content (AvgIpc) is 2.86. The summed E-state index contributed by atoms with van der Waals surface area (Å²) >= 11 is 0. The Morgan fingerprint density at radius 3 is 2.95 bits per heavy atom. The van der Waals surface area contributed by atoms with Crippen LogP contribution in [-0.2, 0) is 0 Å². The smallest absolute Gasteiger partial charge is 0.239 e. The van der Waals surface area contributed by atoms with Crippen LogP contribution in [0.4, 0.5) is 11.5 Å². The van der Waals surface area contributed by atoms with Gasteiger partial charge in [0.05, 0.1) is 12.3 Å². The van der Waals surface area contributed by atoms with Crippen LogP contribution in [0.3, 0.4) is 0 Å². The molecule has 1 saturated heterocycles. The van der Waals surface area contributed by atoms with Gasteiger partial charge in [0.1, 0.15) is 5.82 Å². The van der Waals surface area contributed by atoms with E-state index < -0.39 is 0 Å². The third-order valence-corrected chi connectivity index (χ3v) is 3.30. The lowest BCUT2D eigenvalue weighted by Crippen LogP contribution is -2.22. The number of nitrogen functional groups attached to an aromatic ring is 1. The first-order chi connectivity index (χ1) is 9.10. The van der Waals surface area contributed by atoms with Crippen LogP contribution in [0, 0.1) is 11.8 Å². The van der Waals surface area contributed by atoms with Crippen molar-refractivity contribution >= 4 is 11.5 Å². The third-order valence-electron chi connectivity index (χ3n) is 3.30. The highest BCUT2D eigenvalue weighted by atomic mass is 16.5. The van der Waals surface area contributed by atoms with Gasteiger partial charge in [0.15, 0.2) is 0 Å². The topological polar surface area (TPSA) is 71.6 Å². The number of pyridine rings is 1. The number of nitrogens with zero attached hydrogens (tertiary/aromatic N) is 2. The molecule has 2 rings (SSSR count). The Labute approximate surface area is 114 Å². The van der Waals surface area contributed by atoms with Gasteiger partial charge in [-0.15, -0.1) is 0 Å². The Hall–Kier alpha value is -1.49. The normalized spacial score (nSPS) is 19.2. The van der Waals surface area contributed by atoms with Crippen molar-refractivity contribution in [2.75, 3.05) is 36.9 Å². The first-order valence-electron chi connectivity index (χ1n) is 6.85. The molecule has 5 nitrogen and oxygen atoms in total. The first-order valence-corrected chi connectivity index (χ1v) is 6.85. The number of aliphatic hydroxyl groups is 1. The lowest BCUT2D eigenvalue weighted by atomic mass is 10.1. The molecule has 1 aromatic heterocycles. The van der Waals surface area contributed by atoms with E-state index in [0.717, 1.165) is 25.3 Å². The van der Waals surface area contributed by atoms with Crippen molar-refractivity contribution in [2.45, 2.75) is 20.3 Å².